The van der Waals surface area contributed by atoms with E-state index in [1.807, 2.05) is 0 Å². The van der Waals surface area contributed by atoms with Crippen molar-refractivity contribution in [3.63, 3.8) is 0 Å². The first-order valence-electron chi connectivity index (χ1n) is 5.73. The zero-order valence-electron chi connectivity index (χ0n) is 10.6. The highest BCUT2D eigenvalue weighted by atomic mass is 19.3. The first kappa shape index (κ1) is 14.9. The maximum Gasteiger partial charge on any atom is 0.387 e. The Morgan fingerprint density at radius 3 is 2.58 bits per heavy atom. The van der Waals surface area contributed by atoms with Crippen molar-refractivity contribution in [2.75, 3.05) is 6.61 Å². The summed E-state index contributed by atoms with van der Waals surface area (Å²) in [5.41, 5.74) is 0.481. The molecule has 0 unspecified atom stereocenters. The van der Waals surface area contributed by atoms with Gasteiger partial charge in [0.15, 0.2) is 0 Å². The van der Waals surface area contributed by atoms with E-state index >= 15 is 0 Å². The highest BCUT2D eigenvalue weighted by Gasteiger charge is 2.20. The molecule has 19 heavy (non-hydrogen) atoms. The van der Waals surface area contributed by atoms with Crippen LogP contribution < -0.4 is 4.74 Å². The Labute approximate surface area is 109 Å². The summed E-state index contributed by atoms with van der Waals surface area (Å²) >= 11 is 0. The Balaban J connectivity index is 3.31. The van der Waals surface area contributed by atoms with Crippen LogP contribution in [0.15, 0.2) is 12.1 Å². The van der Waals surface area contributed by atoms with Crippen LogP contribution in [0, 0.1) is 11.3 Å². The van der Waals surface area contributed by atoms with Crippen molar-refractivity contribution in [1.29, 1.82) is 5.26 Å². The van der Waals surface area contributed by atoms with E-state index in [-0.39, 0.29) is 23.5 Å². The molecular weight excluding hydrogens is 256 g/mol. The number of halogens is 2. The van der Waals surface area contributed by atoms with Crippen LogP contribution in [0.4, 0.5) is 8.78 Å². The summed E-state index contributed by atoms with van der Waals surface area (Å²) in [6.07, 6.45) is 0.331. The van der Waals surface area contributed by atoms with E-state index in [9.17, 15) is 13.6 Å². The number of hydrogen-bond acceptors (Lipinski definition) is 4. The average Bonchev–Trinajstić information content (AvgIpc) is 2.37. The van der Waals surface area contributed by atoms with Gasteiger partial charge in [-0.15, -0.1) is 0 Å². The second-order valence-electron chi connectivity index (χ2n) is 3.53. The molecule has 0 aliphatic rings. The predicted molar refractivity (Wildman–Crippen MR) is 63.1 cm³/mol. The molecule has 0 bridgehead atoms. The summed E-state index contributed by atoms with van der Waals surface area (Å²) in [6, 6.07) is 4.30. The van der Waals surface area contributed by atoms with E-state index in [4.69, 9.17) is 10.00 Å². The fourth-order valence-electron chi connectivity index (χ4n) is 1.71. The molecule has 0 atom stereocenters. The lowest BCUT2D eigenvalue weighted by Crippen LogP contribution is -2.11. The van der Waals surface area contributed by atoms with Crippen LogP contribution >= 0.6 is 0 Å². The highest BCUT2D eigenvalue weighted by molar-refractivity contribution is 5.92. The van der Waals surface area contributed by atoms with Gasteiger partial charge in [-0.1, -0.05) is 6.92 Å². The maximum atomic E-state index is 12.2. The molecular formula is C13H13F2NO3. The fourth-order valence-corrected chi connectivity index (χ4v) is 1.71. The molecule has 6 heteroatoms. The molecule has 0 spiro atoms. The molecule has 0 saturated heterocycles. The minimum absolute atomic E-state index is 0.0617. The van der Waals surface area contributed by atoms with Crippen molar-refractivity contribution < 1.29 is 23.0 Å². The van der Waals surface area contributed by atoms with Crippen LogP contribution in [-0.2, 0) is 11.2 Å². The van der Waals surface area contributed by atoms with Crippen molar-refractivity contribution in [2.45, 2.75) is 26.9 Å². The molecule has 0 aliphatic carbocycles. The van der Waals surface area contributed by atoms with E-state index in [0.29, 0.717) is 12.0 Å². The van der Waals surface area contributed by atoms with Gasteiger partial charge in [-0.25, -0.2) is 4.79 Å². The number of nitriles is 1. The third kappa shape index (κ3) is 3.41. The Hall–Kier alpha value is -2.16. The maximum absolute atomic E-state index is 12.2. The minimum atomic E-state index is -3.02. The monoisotopic (exact) mass is 269 g/mol. The lowest BCUT2D eigenvalue weighted by molar-refractivity contribution is -0.0500. The summed E-state index contributed by atoms with van der Waals surface area (Å²) < 4.78 is 33.6. The van der Waals surface area contributed by atoms with Crippen molar-refractivity contribution in [1.82, 2.24) is 0 Å². The lowest BCUT2D eigenvalue weighted by atomic mass is 9.98. The molecule has 0 N–H and O–H groups in total. The molecule has 1 rings (SSSR count). The summed E-state index contributed by atoms with van der Waals surface area (Å²) in [6.45, 7) is 0.540. The van der Waals surface area contributed by atoms with Gasteiger partial charge in [-0.2, -0.15) is 14.0 Å². The van der Waals surface area contributed by atoms with Crippen LogP contribution in [0.1, 0.15) is 35.3 Å². The van der Waals surface area contributed by atoms with Gasteiger partial charge in [0.1, 0.15) is 11.8 Å². The fraction of sp³-hybridized carbons (Fsp3) is 0.385. The Morgan fingerprint density at radius 2 is 2.11 bits per heavy atom. The van der Waals surface area contributed by atoms with Crippen LogP contribution in [-0.4, -0.2) is 19.2 Å². The number of nitrogens with zero attached hydrogens (tertiary/aromatic N) is 1. The van der Waals surface area contributed by atoms with Crippen LogP contribution in [0.3, 0.4) is 0 Å². The SMILES string of the molecule is CCOC(=O)c1ccc(OC(F)F)c(C#N)c1CC. The van der Waals surface area contributed by atoms with Gasteiger partial charge >= 0.3 is 12.6 Å². The van der Waals surface area contributed by atoms with Crippen LogP contribution in [0.25, 0.3) is 0 Å². The smallest absolute Gasteiger partial charge is 0.387 e. The van der Waals surface area contributed by atoms with Gasteiger partial charge in [-0.05, 0) is 31.0 Å². The van der Waals surface area contributed by atoms with Crippen LogP contribution in [0.5, 0.6) is 5.75 Å². The largest absolute Gasteiger partial charge is 0.462 e. The number of rotatable bonds is 5. The number of carbonyl (C=O) groups is 1. The molecule has 4 nitrogen and oxygen atoms in total. The van der Waals surface area contributed by atoms with Gasteiger partial charge in [0, 0.05) is 0 Å². The summed E-state index contributed by atoms with van der Waals surface area (Å²) in [5, 5.41) is 9.05. The molecule has 1 aromatic carbocycles. The minimum Gasteiger partial charge on any atom is -0.462 e. The normalized spacial score (nSPS) is 10.1. The van der Waals surface area contributed by atoms with Gasteiger partial charge in [0.05, 0.1) is 17.7 Å². The first-order chi connectivity index (χ1) is 9.04. The number of esters is 1. The molecule has 0 heterocycles. The molecule has 102 valence electrons. The first-order valence-corrected chi connectivity index (χ1v) is 5.73. The van der Waals surface area contributed by atoms with E-state index < -0.39 is 12.6 Å². The summed E-state index contributed by atoms with van der Waals surface area (Å²) in [7, 11) is 0. The van der Waals surface area contributed by atoms with Crippen molar-refractivity contribution in [3.05, 3.63) is 28.8 Å². The Bertz CT molecular complexity index is 509. The topological polar surface area (TPSA) is 59.3 Å². The Kier molecular flexibility index (Phi) is 5.24. The molecule has 0 saturated carbocycles. The number of carbonyl (C=O) groups excluding carboxylic acids is 1. The highest BCUT2D eigenvalue weighted by Crippen LogP contribution is 2.27. The molecule has 0 fully saturated rings. The predicted octanol–water partition coefficient (Wildman–Crippen LogP) is 2.90. The van der Waals surface area contributed by atoms with Crippen LogP contribution in [0.2, 0.25) is 0 Å². The van der Waals surface area contributed by atoms with Gasteiger partial charge in [0.2, 0.25) is 0 Å². The second-order valence-corrected chi connectivity index (χ2v) is 3.53. The molecule has 0 aromatic heterocycles. The number of benzene rings is 1. The molecule has 0 aliphatic heterocycles. The zero-order valence-corrected chi connectivity index (χ0v) is 10.6. The zero-order chi connectivity index (χ0) is 14.4. The number of hydrogen-bond donors (Lipinski definition) is 0. The second kappa shape index (κ2) is 6.69. The third-order valence-corrected chi connectivity index (χ3v) is 2.45. The molecule has 1 aromatic rings. The van der Waals surface area contributed by atoms with Gasteiger partial charge in [0.25, 0.3) is 0 Å². The van der Waals surface area contributed by atoms with E-state index in [1.165, 1.54) is 12.1 Å². The van der Waals surface area contributed by atoms with Gasteiger partial charge in [-0.3, -0.25) is 0 Å². The lowest BCUT2D eigenvalue weighted by Gasteiger charge is -2.13. The summed E-state index contributed by atoms with van der Waals surface area (Å²) in [5.74, 6) is -0.818. The quantitative estimate of drug-likeness (QED) is 0.771. The number of ether oxygens (including phenoxy) is 2. The van der Waals surface area contributed by atoms with Crippen molar-refractivity contribution in [2.24, 2.45) is 0 Å². The standard InChI is InChI=1S/C13H13F2NO3/c1-3-8-9(12(17)18-4-2)5-6-11(10(8)7-16)19-13(14)15/h5-6,13H,3-4H2,1-2H3. The van der Waals surface area contributed by atoms with Crippen molar-refractivity contribution >= 4 is 5.97 Å². The van der Waals surface area contributed by atoms with E-state index in [0.717, 1.165) is 0 Å². The number of alkyl halides is 2. The summed E-state index contributed by atoms with van der Waals surface area (Å²) in [4.78, 5) is 11.7. The van der Waals surface area contributed by atoms with E-state index in [1.54, 1.807) is 19.9 Å². The molecule has 0 radical (unpaired) electrons. The Morgan fingerprint density at radius 1 is 1.42 bits per heavy atom. The average molecular weight is 269 g/mol. The van der Waals surface area contributed by atoms with Crippen molar-refractivity contribution in [3.8, 4) is 11.8 Å². The third-order valence-electron chi connectivity index (χ3n) is 2.45. The van der Waals surface area contributed by atoms with E-state index in [2.05, 4.69) is 4.74 Å². The van der Waals surface area contributed by atoms with Gasteiger partial charge < -0.3 is 9.47 Å². The molecule has 0 amide bonds.